The molecule has 47 heavy (non-hydrogen) atoms. The summed E-state index contributed by atoms with van der Waals surface area (Å²) in [5.74, 6) is -1.16. The standard InChI is InChI=1S/C35H40ClF3N3O3S2/c1-35(2,24-6-11-30(38)32(18-24)45-5)33-21-40-34(41(33)26-9-7-25(37)8-10-26)46-22-28-29(36)19-27(20-31(28)39)47(43,44)17-14-23-12-15-42(3,4)16-13-23/h6-11,18-21,23H,12-17,22H2,1-5H3/q+1. The first-order valence-electron chi connectivity index (χ1n) is 15.4. The molecular weight excluding hydrogens is 667 g/mol. The Kier molecular flexibility index (Phi) is 10.4. The van der Waals surface area contributed by atoms with Crippen molar-refractivity contribution in [3.8, 4) is 11.4 Å². The lowest BCUT2D eigenvalue weighted by molar-refractivity contribution is -0.896. The van der Waals surface area contributed by atoms with E-state index in [4.69, 9.17) is 16.3 Å². The molecule has 1 fully saturated rings. The second-order valence-corrected chi connectivity index (χ2v) is 16.8. The average Bonchev–Trinajstić information content (AvgIpc) is 3.45. The number of piperidine rings is 1. The van der Waals surface area contributed by atoms with Crippen LogP contribution < -0.4 is 4.74 Å². The van der Waals surface area contributed by atoms with E-state index in [1.807, 2.05) is 18.4 Å². The molecule has 0 N–H and O–H groups in total. The molecule has 0 amide bonds. The van der Waals surface area contributed by atoms with E-state index in [2.05, 4.69) is 19.1 Å². The largest absolute Gasteiger partial charge is 0.494 e. The number of nitrogens with zero attached hydrogens (tertiary/aromatic N) is 3. The van der Waals surface area contributed by atoms with Gasteiger partial charge in [0, 0.05) is 27.4 Å². The Morgan fingerprint density at radius 3 is 2.34 bits per heavy atom. The van der Waals surface area contributed by atoms with Gasteiger partial charge >= 0.3 is 0 Å². The molecule has 5 rings (SSSR count). The van der Waals surface area contributed by atoms with Gasteiger partial charge in [0.25, 0.3) is 0 Å². The van der Waals surface area contributed by atoms with Crippen molar-refractivity contribution in [3.05, 3.63) is 100 Å². The number of aromatic nitrogens is 2. The number of hydrogen-bond donors (Lipinski definition) is 0. The summed E-state index contributed by atoms with van der Waals surface area (Å²) in [5, 5.41) is 0.502. The summed E-state index contributed by atoms with van der Waals surface area (Å²) in [7, 11) is 2.03. The van der Waals surface area contributed by atoms with Crippen molar-refractivity contribution in [1.82, 2.24) is 9.55 Å². The van der Waals surface area contributed by atoms with Crippen LogP contribution in [0.15, 0.2) is 70.8 Å². The lowest BCUT2D eigenvalue weighted by atomic mass is 9.81. The fourth-order valence-corrected chi connectivity index (χ4v) is 8.90. The van der Waals surface area contributed by atoms with Gasteiger partial charge in [0.2, 0.25) is 0 Å². The fraction of sp³-hybridized carbons (Fsp3) is 0.400. The molecule has 1 aliphatic heterocycles. The molecule has 0 saturated carbocycles. The van der Waals surface area contributed by atoms with Gasteiger partial charge in [-0.15, -0.1) is 0 Å². The van der Waals surface area contributed by atoms with Gasteiger partial charge in [-0.2, -0.15) is 0 Å². The molecule has 252 valence electrons. The van der Waals surface area contributed by atoms with Crippen LogP contribution in [-0.4, -0.2) is 62.5 Å². The third-order valence-corrected chi connectivity index (χ3v) is 12.3. The molecule has 3 aromatic carbocycles. The van der Waals surface area contributed by atoms with Crippen molar-refractivity contribution in [2.45, 2.75) is 54.3 Å². The van der Waals surface area contributed by atoms with E-state index in [0.29, 0.717) is 28.9 Å². The first-order valence-corrected chi connectivity index (χ1v) is 18.5. The summed E-state index contributed by atoms with van der Waals surface area (Å²) in [4.78, 5) is 4.52. The minimum Gasteiger partial charge on any atom is -0.494 e. The zero-order valence-corrected chi connectivity index (χ0v) is 29.6. The number of sulfone groups is 1. The van der Waals surface area contributed by atoms with Crippen molar-refractivity contribution < 1.29 is 30.8 Å². The van der Waals surface area contributed by atoms with Crippen LogP contribution in [0.3, 0.4) is 0 Å². The van der Waals surface area contributed by atoms with Crippen LogP contribution in [0.1, 0.15) is 49.9 Å². The molecule has 0 spiro atoms. The minimum absolute atomic E-state index is 0.0200. The Hall–Kier alpha value is -2.99. The molecule has 0 bridgehead atoms. The minimum atomic E-state index is -3.73. The first kappa shape index (κ1) is 35.3. The fourth-order valence-electron chi connectivity index (χ4n) is 6.00. The molecule has 0 aliphatic carbocycles. The Morgan fingerprint density at radius 2 is 1.70 bits per heavy atom. The van der Waals surface area contributed by atoms with Crippen molar-refractivity contribution >= 4 is 33.2 Å². The van der Waals surface area contributed by atoms with Crippen LogP contribution in [0.2, 0.25) is 5.02 Å². The molecule has 0 unspecified atom stereocenters. The Morgan fingerprint density at radius 1 is 1.02 bits per heavy atom. The molecule has 0 atom stereocenters. The predicted octanol–water partition coefficient (Wildman–Crippen LogP) is 8.22. The number of thioether (sulfide) groups is 1. The molecule has 2 heterocycles. The number of rotatable bonds is 11. The highest BCUT2D eigenvalue weighted by molar-refractivity contribution is 7.98. The quantitative estimate of drug-likeness (QED) is 0.116. The maximum atomic E-state index is 15.5. The Labute approximate surface area is 284 Å². The number of halogens is 4. The van der Waals surface area contributed by atoms with Crippen molar-refractivity contribution in [3.63, 3.8) is 0 Å². The molecule has 4 aromatic rings. The highest BCUT2D eigenvalue weighted by Crippen LogP contribution is 2.39. The van der Waals surface area contributed by atoms with Crippen molar-refractivity contribution in [2.75, 3.05) is 40.0 Å². The molecule has 1 aliphatic rings. The topological polar surface area (TPSA) is 61.2 Å². The lowest BCUT2D eigenvalue weighted by Gasteiger charge is -2.37. The second-order valence-electron chi connectivity index (χ2n) is 13.3. The van der Waals surface area contributed by atoms with E-state index in [-0.39, 0.29) is 32.7 Å². The average molecular weight is 707 g/mol. The zero-order valence-electron chi connectivity index (χ0n) is 27.2. The summed E-state index contributed by atoms with van der Waals surface area (Å²) in [6.45, 7) is 5.93. The molecular formula is C35H40ClF3N3O3S2+. The number of likely N-dealkylation sites (tertiary alicyclic amines) is 1. The van der Waals surface area contributed by atoms with Gasteiger partial charge in [-0.25, -0.2) is 26.6 Å². The van der Waals surface area contributed by atoms with E-state index < -0.39 is 32.7 Å². The van der Waals surface area contributed by atoms with Crippen molar-refractivity contribution in [2.24, 2.45) is 5.92 Å². The summed E-state index contributed by atoms with van der Waals surface area (Å²) in [6, 6.07) is 12.9. The third-order valence-electron chi connectivity index (χ3n) is 9.23. The van der Waals surface area contributed by atoms with Gasteiger partial charge in [-0.05, 0) is 79.3 Å². The number of benzene rings is 3. The number of methoxy groups -OCH3 is 1. The van der Waals surface area contributed by atoms with Crippen LogP contribution in [0.25, 0.3) is 5.69 Å². The van der Waals surface area contributed by atoms with Gasteiger partial charge < -0.3 is 9.22 Å². The van der Waals surface area contributed by atoms with E-state index in [0.717, 1.165) is 42.0 Å². The monoisotopic (exact) mass is 706 g/mol. The van der Waals surface area contributed by atoms with Crippen LogP contribution in [0.5, 0.6) is 5.75 Å². The second kappa shape index (κ2) is 13.9. The first-order chi connectivity index (χ1) is 22.1. The Bertz CT molecular complexity index is 1830. The molecule has 6 nitrogen and oxygen atoms in total. The van der Waals surface area contributed by atoms with Gasteiger partial charge in [0.1, 0.15) is 11.6 Å². The van der Waals surface area contributed by atoms with Gasteiger partial charge in [0.05, 0.1) is 56.8 Å². The van der Waals surface area contributed by atoms with Crippen LogP contribution in [-0.2, 0) is 21.0 Å². The highest BCUT2D eigenvalue weighted by atomic mass is 35.5. The van der Waals surface area contributed by atoms with Gasteiger partial charge in [0.15, 0.2) is 26.6 Å². The summed E-state index contributed by atoms with van der Waals surface area (Å²) in [6.07, 6.45) is 4.16. The SMILES string of the molecule is COc1cc(C(C)(C)c2cnc(SCc3c(F)cc(S(=O)(=O)CCC4CC[N+](C)(C)CC4)cc3Cl)n2-c2ccc(F)cc2)ccc1F. The summed E-state index contributed by atoms with van der Waals surface area (Å²) >= 11 is 7.74. The van der Waals surface area contributed by atoms with E-state index in [1.54, 1.807) is 30.5 Å². The number of ether oxygens (including phenoxy) is 1. The summed E-state index contributed by atoms with van der Waals surface area (Å²) < 4.78 is 78.1. The highest BCUT2D eigenvalue weighted by Gasteiger charge is 2.31. The summed E-state index contributed by atoms with van der Waals surface area (Å²) in [5.41, 5.74) is 1.53. The normalized spacial score (nSPS) is 15.6. The van der Waals surface area contributed by atoms with Crippen LogP contribution in [0, 0.1) is 23.4 Å². The molecule has 1 aromatic heterocycles. The smallest absolute Gasteiger partial charge is 0.178 e. The van der Waals surface area contributed by atoms with Gasteiger partial charge in [-0.3, -0.25) is 4.57 Å². The van der Waals surface area contributed by atoms with E-state index >= 15 is 4.39 Å². The predicted molar refractivity (Wildman–Crippen MR) is 181 cm³/mol. The van der Waals surface area contributed by atoms with Crippen molar-refractivity contribution in [1.29, 1.82) is 0 Å². The molecule has 12 heteroatoms. The zero-order chi connectivity index (χ0) is 34.1. The van der Waals surface area contributed by atoms with Crippen LogP contribution in [0.4, 0.5) is 13.2 Å². The molecule has 1 saturated heterocycles. The Balaban J connectivity index is 1.40. The number of quaternary nitrogens is 1. The maximum absolute atomic E-state index is 15.5. The van der Waals surface area contributed by atoms with E-state index in [1.165, 1.54) is 43.1 Å². The molecule has 0 radical (unpaired) electrons. The van der Waals surface area contributed by atoms with Crippen LogP contribution >= 0.6 is 23.4 Å². The van der Waals surface area contributed by atoms with Gasteiger partial charge in [-0.1, -0.05) is 43.3 Å². The third kappa shape index (κ3) is 7.85. The maximum Gasteiger partial charge on any atom is 0.178 e. The number of hydrogen-bond acceptors (Lipinski definition) is 5. The lowest BCUT2D eigenvalue weighted by Crippen LogP contribution is -2.46. The van der Waals surface area contributed by atoms with E-state index in [9.17, 15) is 17.2 Å². The number of imidazole rings is 1.